The molecule has 0 bridgehead atoms. The van der Waals surface area contributed by atoms with Gasteiger partial charge in [-0.15, -0.1) is 0 Å². The minimum atomic E-state index is 1.06. The molecule has 4 rings (SSSR count). The van der Waals surface area contributed by atoms with Gasteiger partial charge in [-0.2, -0.15) is 0 Å². The third-order valence-corrected chi connectivity index (χ3v) is 5.28. The van der Waals surface area contributed by atoms with E-state index in [-0.39, 0.29) is 0 Å². The molecule has 0 saturated heterocycles. The van der Waals surface area contributed by atoms with Crippen molar-refractivity contribution in [2.75, 3.05) is 0 Å². The molecule has 0 fully saturated rings. The van der Waals surface area contributed by atoms with Crippen molar-refractivity contribution in [2.24, 2.45) is 0 Å². The van der Waals surface area contributed by atoms with Gasteiger partial charge in [-0.05, 0) is 60.5 Å². The Morgan fingerprint density at radius 1 is 0.739 bits per heavy atom. The smallest absolute Gasteiger partial charge is 0.0541 e. The zero-order valence-corrected chi connectivity index (χ0v) is 15.9. The second-order valence-corrected chi connectivity index (χ2v) is 7.51. The number of benzene rings is 3. The average molecular weight is 429 g/mol. The van der Waals surface area contributed by atoms with Crippen LogP contribution in [0.3, 0.4) is 0 Å². The minimum absolute atomic E-state index is 1.06. The van der Waals surface area contributed by atoms with Crippen molar-refractivity contribution in [3.63, 3.8) is 0 Å². The Morgan fingerprint density at radius 3 is 1.74 bits per heavy atom. The van der Waals surface area contributed by atoms with Crippen LogP contribution in [0.5, 0.6) is 0 Å². The number of nitrogens with zero attached hydrogens (tertiary/aromatic N) is 1. The molecule has 0 aliphatic carbocycles. The maximum Gasteiger partial charge on any atom is 0.0541 e. The largest absolute Gasteiger partial charge is 0.309 e. The number of aryl methyl sites for hydroxylation is 1. The quantitative estimate of drug-likeness (QED) is 0.328. The highest BCUT2D eigenvalue weighted by Gasteiger charge is 2.12. The Hall–Kier alpha value is -1.58. The van der Waals surface area contributed by atoms with E-state index < -0.39 is 0 Å². The fourth-order valence-corrected chi connectivity index (χ4v) is 3.85. The summed E-state index contributed by atoms with van der Waals surface area (Å²) in [6.45, 7) is 2.19. The van der Waals surface area contributed by atoms with E-state index in [1.54, 1.807) is 0 Å². The SMILES string of the molecule is CCc1ccc(-n2c3ccc(Br)cc3c3cc(Br)ccc32)cc1. The van der Waals surface area contributed by atoms with Gasteiger partial charge in [0.15, 0.2) is 0 Å². The molecule has 0 aliphatic heterocycles. The Morgan fingerprint density at radius 2 is 1.26 bits per heavy atom. The highest BCUT2D eigenvalue weighted by atomic mass is 79.9. The molecule has 114 valence electrons. The van der Waals surface area contributed by atoms with Crippen LogP contribution in [0.15, 0.2) is 69.6 Å². The molecule has 0 unspecified atom stereocenters. The van der Waals surface area contributed by atoms with Crippen molar-refractivity contribution >= 4 is 53.7 Å². The molecule has 3 heteroatoms. The van der Waals surface area contributed by atoms with E-state index in [0.717, 1.165) is 15.4 Å². The topological polar surface area (TPSA) is 4.93 Å². The summed E-state index contributed by atoms with van der Waals surface area (Å²) >= 11 is 7.20. The highest BCUT2D eigenvalue weighted by molar-refractivity contribution is 9.10. The van der Waals surface area contributed by atoms with Crippen LogP contribution in [0.1, 0.15) is 12.5 Å². The van der Waals surface area contributed by atoms with Gasteiger partial charge in [0, 0.05) is 25.4 Å². The molecule has 0 spiro atoms. The molecule has 0 radical (unpaired) electrons. The molecule has 0 amide bonds. The van der Waals surface area contributed by atoms with Crippen LogP contribution >= 0.6 is 31.9 Å². The summed E-state index contributed by atoms with van der Waals surface area (Å²) in [7, 11) is 0. The zero-order chi connectivity index (χ0) is 16.0. The second kappa shape index (κ2) is 5.81. The molecule has 1 aromatic heterocycles. The molecule has 0 atom stereocenters. The van der Waals surface area contributed by atoms with Gasteiger partial charge in [0.05, 0.1) is 11.0 Å². The van der Waals surface area contributed by atoms with Gasteiger partial charge in [0.2, 0.25) is 0 Å². The molecular weight excluding hydrogens is 414 g/mol. The van der Waals surface area contributed by atoms with Crippen LogP contribution in [0, 0.1) is 0 Å². The monoisotopic (exact) mass is 427 g/mol. The van der Waals surface area contributed by atoms with Crippen molar-refractivity contribution in [3.05, 3.63) is 75.2 Å². The van der Waals surface area contributed by atoms with E-state index in [0.29, 0.717) is 0 Å². The predicted molar refractivity (Wildman–Crippen MR) is 106 cm³/mol. The summed E-state index contributed by atoms with van der Waals surface area (Å²) < 4.78 is 4.54. The van der Waals surface area contributed by atoms with Crippen molar-refractivity contribution in [1.29, 1.82) is 0 Å². The lowest BCUT2D eigenvalue weighted by Gasteiger charge is -2.08. The second-order valence-electron chi connectivity index (χ2n) is 5.68. The Labute approximate surface area is 152 Å². The molecule has 0 N–H and O–H groups in total. The van der Waals surface area contributed by atoms with Gasteiger partial charge >= 0.3 is 0 Å². The van der Waals surface area contributed by atoms with E-state index in [9.17, 15) is 0 Å². The third-order valence-electron chi connectivity index (χ3n) is 4.29. The molecule has 3 aromatic carbocycles. The number of hydrogen-bond donors (Lipinski definition) is 0. The summed E-state index contributed by atoms with van der Waals surface area (Å²) in [4.78, 5) is 0. The lowest BCUT2D eigenvalue weighted by Crippen LogP contribution is -1.94. The Bertz CT molecular complexity index is 954. The fraction of sp³-hybridized carbons (Fsp3) is 0.100. The van der Waals surface area contributed by atoms with Gasteiger partial charge in [-0.25, -0.2) is 0 Å². The normalized spacial score (nSPS) is 11.4. The lowest BCUT2D eigenvalue weighted by atomic mass is 10.1. The summed E-state index contributed by atoms with van der Waals surface area (Å²) in [6.07, 6.45) is 1.06. The average Bonchev–Trinajstić information content (AvgIpc) is 2.88. The summed E-state index contributed by atoms with van der Waals surface area (Å²) in [5.74, 6) is 0. The predicted octanol–water partition coefficient (Wildman–Crippen LogP) is 6.87. The molecule has 23 heavy (non-hydrogen) atoms. The van der Waals surface area contributed by atoms with Crippen LogP contribution in [0.4, 0.5) is 0 Å². The van der Waals surface area contributed by atoms with Crippen molar-refractivity contribution in [2.45, 2.75) is 13.3 Å². The van der Waals surface area contributed by atoms with E-state index in [2.05, 4.69) is 104 Å². The summed E-state index contributed by atoms with van der Waals surface area (Å²) in [5, 5.41) is 2.52. The highest BCUT2D eigenvalue weighted by Crippen LogP contribution is 2.35. The van der Waals surface area contributed by atoms with Gasteiger partial charge in [0.25, 0.3) is 0 Å². The van der Waals surface area contributed by atoms with Crippen molar-refractivity contribution in [1.82, 2.24) is 4.57 Å². The first-order valence-corrected chi connectivity index (χ1v) is 9.24. The van der Waals surface area contributed by atoms with Gasteiger partial charge < -0.3 is 4.57 Å². The Kier molecular flexibility index (Phi) is 3.78. The van der Waals surface area contributed by atoms with Crippen LogP contribution in [0.25, 0.3) is 27.5 Å². The number of rotatable bonds is 2. The fourth-order valence-electron chi connectivity index (χ4n) is 3.13. The van der Waals surface area contributed by atoms with Crippen molar-refractivity contribution in [3.8, 4) is 5.69 Å². The van der Waals surface area contributed by atoms with E-state index in [4.69, 9.17) is 0 Å². The Balaban J connectivity index is 2.10. The van der Waals surface area contributed by atoms with Crippen LogP contribution in [0.2, 0.25) is 0 Å². The molecular formula is C20H15Br2N. The minimum Gasteiger partial charge on any atom is -0.309 e. The van der Waals surface area contributed by atoms with Crippen molar-refractivity contribution < 1.29 is 0 Å². The number of fused-ring (bicyclic) bond motifs is 3. The lowest BCUT2D eigenvalue weighted by molar-refractivity contribution is 1.12. The van der Waals surface area contributed by atoms with E-state index in [1.165, 1.54) is 33.1 Å². The first-order valence-electron chi connectivity index (χ1n) is 7.66. The third kappa shape index (κ3) is 2.52. The molecule has 4 aromatic rings. The van der Waals surface area contributed by atoms with E-state index >= 15 is 0 Å². The van der Waals surface area contributed by atoms with Gasteiger partial charge in [-0.3, -0.25) is 0 Å². The summed E-state index contributed by atoms with van der Waals surface area (Å²) in [5.41, 5.74) is 5.02. The number of halogens is 2. The standard InChI is InChI=1S/C20H15Br2N/c1-2-13-3-7-16(8-4-13)23-19-9-5-14(21)11-17(19)18-12-15(22)6-10-20(18)23/h3-12H,2H2,1H3. The first kappa shape index (κ1) is 15.0. The molecule has 0 saturated carbocycles. The first-order chi connectivity index (χ1) is 11.2. The number of aromatic nitrogens is 1. The van der Waals surface area contributed by atoms with Crippen LogP contribution < -0.4 is 0 Å². The zero-order valence-electron chi connectivity index (χ0n) is 12.7. The van der Waals surface area contributed by atoms with Crippen LogP contribution in [-0.2, 0) is 6.42 Å². The van der Waals surface area contributed by atoms with E-state index in [1.807, 2.05) is 0 Å². The van der Waals surface area contributed by atoms with Crippen LogP contribution in [-0.4, -0.2) is 4.57 Å². The number of hydrogen-bond acceptors (Lipinski definition) is 0. The maximum atomic E-state index is 3.60. The molecule has 1 heterocycles. The molecule has 1 nitrogen and oxygen atoms in total. The van der Waals surface area contributed by atoms with Gasteiger partial charge in [-0.1, -0.05) is 50.9 Å². The summed E-state index contributed by atoms with van der Waals surface area (Å²) in [6, 6.07) is 21.8. The van der Waals surface area contributed by atoms with Gasteiger partial charge in [0.1, 0.15) is 0 Å². The molecule has 0 aliphatic rings. The maximum absolute atomic E-state index is 3.60.